The van der Waals surface area contributed by atoms with Crippen molar-refractivity contribution in [1.29, 1.82) is 0 Å². The number of quaternary nitrogens is 1. The van der Waals surface area contributed by atoms with Crippen LogP contribution in [0.5, 0.6) is 0 Å². The molecule has 0 aliphatic carbocycles. The Morgan fingerprint density at radius 3 is 2.61 bits per heavy atom. The van der Waals surface area contributed by atoms with Gasteiger partial charge in [-0.05, 0) is 44.2 Å². The molecule has 0 fully saturated rings. The number of fused-ring (bicyclic) bond motifs is 3. The number of aromatic nitrogens is 2. The van der Waals surface area contributed by atoms with E-state index in [4.69, 9.17) is 4.98 Å². The van der Waals surface area contributed by atoms with E-state index in [0.29, 0.717) is 27.6 Å². The number of hydrogen-bond acceptors (Lipinski definition) is 5. The van der Waals surface area contributed by atoms with E-state index in [1.54, 1.807) is 4.57 Å². The zero-order valence-corrected chi connectivity index (χ0v) is 20.2. The van der Waals surface area contributed by atoms with Crippen molar-refractivity contribution in [2.24, 2.45) is 0 Å². The molecule has 0 aliphatic heterocycles. The van der Waals surface area contributed by atoms with Gasteiger partial charge in [-0.15, -0.1) is 11.3 Å². The summed E-state index contributed by atoms with van der Waals surface area (Å²) in [5.74, 6) is -0.505. The van der Waals surface area contributed by atoms with E-state index in [1.165, 1.54) is 52.3 Å². The van der Waals surface area contributed by atoms with Crippen molar-refractivity contribution in [2.75, 3.05) is 30.7 Å². The molecule has 0 bridgehead atoms. The van der Waals surface area contributed by atoms with E-state index < -0.39 is 0 Å². The number of nitrogens with zero attached hydrogens (tertiary/aromatic N) is 2. The summed E-state index contributed by atoms with van der Waals surface area (Å²) in [6.45, 7) is 7.56. The molecule has 0 atom stereocenters. The van der Waals surface area contributed by atoms with Crippen LogP contribution in [-0.4, -0.2) is 40.8 Å². The van der Waals surface area contributed by atoms with Gasteiger partial charge in [0.25, 0.3) is 5.56 Å². The first-order chi connectivity index (χ1) is 16.0. The maximum absolute atomic E-state index is 13.5. The number of halogens is 1. The summed E-state index contributed by atoms with van der Waals surface area (Å²) in [6.07, 6.45) is 0. The highest BCUT2D eigenvalue weighted by atomic mass is 32.2. The molecule has 2 aromatic heterocycles. The average molecular weight is 486 g/mol. The minimum Gasteiger partial charge on any atom is -0.334 e. The third-order valence-corrected chi connectivity index (χ3v) is 7.72. The van der Waals surface area contributed by atoms with Crippen LogP contribution in [0.25, 0.3) is 20.3 Å². The number of nitrogens with one attached hydrogen (secondary N) is 2. The summed E-state index contributed by atoms with van der Waals surface area (Å²) in [4.78, 5) is 32.2. The molecule has 0 aliphatic rings. The molecular weight excluding hydrogens is 459 g/mol. The number of carbonyl (C=O) groups excluding carboxylic acids is 1. The first kappa shape index (κ1) is 23.4. The molecule has 0 saturated carbocycles. The van der Waals surface area contributed by atoms with Gasteiger partial charge in [0.15, 0.2) is 5.16 Å². The molecule has 4 rings (SSSR count). The Morgan fingerprint density at radius 2 is 1.88 bits per heavy atom. The van der Waals surface area contributed by atoms with Gasteiger partial charge in [0.1, 0.15) is 10.5 Å². The van der Waals surface area contributed by atoms with Gasteiger partial charge in [-0.2, -0.15) is 0 Å². The van der Waals surface area contributed by atoms with Crippen molar-refractivity contribution in [3.63, 3.8) is 0 Å². The van der Waals surface area contributed by atoms with Crippen LogP contribution in [0.4, 0.5) is 10.1 Å². The lowest BCUT2D eigenvalue weighted by molar-refractivity contribution is -0.897. The molecule has 2 heterocycles. The molecular formula is C24H26FN4O2S2+. The van der Waals surface area contributed by atoms with Crippen LogP contribution in [0.15, 0.2) is 58.5 Å². The van der Waals surface area contributed by atoms with E-state index in [-0.39, 0.29) is 23.0 Å². The molecule has 2 N–H and O–H groups in total. The lowest BCUT2D eigenvalue weighted by Gasteiger charge is -2.17. The van der Waals surface area contributed by atoms with Crippen LogP contribution >= 0.6 is 23.1 Å². The number of rotatable bonds is 9. The number of likely N-dealkylation sites (N-methyl/N-ethyl adjacent to an activating group) is 1. The Kier molecular flexibility index (Phi) is 7.42. The SMILES string of the molecule is CC[NH+](CC)CCn1c(SCC(=O)Nc2ccc(F)cc2)nc2c(sc3ccccc32)c1=O. The van der Waals surface area contributed by atoms with E-state index in [2.05, 4.69) is 19.2 Å². The van der Waals surface area contributed by atoms with Crippen LogP contribution in [0.3, 0.4) is 0 Å². The summed E-state index contributed by atoms with van der Waals surface area (Å²) in [5.41, 5.74) is 1.15. The zero-order chi connectivity index (χ0) is 23.4. The standard InChI is InChI=1S/C24H25FN4O2S2/c1-3-28(4-2)13-14-29-23(31)22-21(18-7-5-6-8-19(18)33-22)27-24(29)32-15-20(30)26-17-11-9-16(25)10-12-17/h5-12H,3-4,13-15H2,1-2H3,(H,26,30)/p+1. The molecule has 0 radical (unpaired) electrons. The fourth-order valence-electron chi connectivity index (χ4n) is 3.69. The number of benzene rings is 2. The quantitative estimate of drug-likeness (QED) is 0.282. The van der Waals surface area contributed by atoms with E-state index in [0.717, 1.165) is 29.7 Å². The molecule has 6 nitrogen and oxygen atoms in total. The molecule has 0 saturated heterocycles. The molecule has 0 unspecified atom stereocenters. The van der Waals surface area contributed by atoms with Gasteiger partial charge in [-0.3, -0.25) is 14.2 Å². The molecule has 4 aromatic rings. The third kappa shape index (κ3) is 5.26. The predicted molar refractivity (Wildman–Crippen MR) is 134 cm³/mol. The predicted octanol–water partition coefficient (Wildman–Crippen LogP) is 3.41. The summed E-state index contributed by atoms with van der Waals surface area (Å²) < 4.78 is 16.5. The molecule has 2 aromatic carbocycles. The maximum atomic E-state index is 13.5. The lowest BCUT2D eigenvalue weighted by Crippen LogP contribution is -3.11. The van der Waals surface area contributed by atoms with Gasteiger partial charge in [-0.1, -0.05) is 30.0 Å². The van der Waals surface area contributed by atoms with Gasteiger partial charge in [0.2, 0.25) is 5.91 Å². The Hall–Kier alpha value is -2.75. The number of anilines is 1. The third-order valence-electron chi connectivity index (χ3n) is 5.60. The minimum absolute atomic E-state index is 0.0609. The Bertz CT molecular complexity index is 1330. The number of thiophene rings is 1. The normalized spacial score (nSPS) is 11.5. The first-order valence-electron chi connectivity index (χ1n) is 10.9. The minimum atomic E-state index is -0.359. The van der Waals surface area contributed by atoms with Crippen LogP contribution in [0, 0.1) is 5.82 Å². The van der Waals surface area contributed by atoms with Crippen LogP contribution in [0.1, 0.15) is 13.8 Å². The van der Waals surface area contributed by atoms with E-state index in [9.17, 15) is 14.0 Å². The first-order valence-corrected chi connectivity index (χ1v) is 12.7. The highest BCUT2D eigenvalue weighted by Crippen LogP contribution is 2.31. The average Bonchev–Trinajstić information content (AvgIpc) is 3.20. The van der Waals surface area contributed by atoms with E-state index >= 15 is 0 Å². The fourth-order valence-corrected chi connectivity index (χ4v) is 5.60. The summed E-state index contributed by atoms with van der Waals surface area (Å²) in [6, 6.07) is 13.5. The van der Waals surface area contributed by atoms with Crippen molar-refractivity contribution in [1.82, 2.24) is 9.55 Å². The van der Waals surface area contributed by atoms with Crippen molar-refractivity contribution in [3.8, 4) is 0 Å². The van der Waals surface area contributed by atoms with Crippen LogP contribution in [0.2, 0.25) is 0 Å². The van der Waals surface area contributed by atoms with Gasteiger partial charge < -0.3 is 10.2 Å². The second-order valence-electron chi connectivity index (χ2n) is 7.68. The van der Waals surface area contributed by atoms with Gasteiger partial charge >= 0.3 is 0 Å². The van der Waals surface area contributed by atoms with Gasteiger partial charge in [0.05, 0.1) is 37.4 Å². The lowest BCUT2D eigenvalue weighted by atomic mass is 10.2. The molecule has 9 heteroatoms. The summed E-state index contributed by atoms with van der Waals surface area (Å²) in [7, 11) is 0. The van der Waals surface area contributed by atoms with Crippen molar-refractivity contribution < 1.29 is 14.1 Å². The number of amides is 1. The van der Waals surface area contributed by atoms with Crippen molar-refractivity contribution in [2.45, 2.75) is 25.5 Å². The van der Waals surface area contributed by atoms with Crippen LogP contribution < -0.4 is 15.8 Å². The highest BCUT2D eigenvalue weighted by Gasteiger charge is 2.18. The largest absolute Gasteiger partial charge is 0.334 e. The Morgan fingerprint density at radius 1 is 1.15 bits per heavy atom. The fraction of sp³-hybridized carbons (Fsp3) is 0.292. The summed E-state index contributed by atoms with van der Waals surface area (Å²) in [5, 5.41) is 4.25. The topological polar surface area (TPSA) is 68.4 Å². The smallest absolute Gasteiger partial charge is 0.272 e. The molecule has 172 valence electrons. The highest BCUT2D eigenvalue weighted by molar-refractivity contribution is 7.99. The zero-order valence-electron chi connectivity index (χ0n) is 18.6. The van der Waals surface area contributed by atoms with Gasteiger partial charge in [-0.25, -0.2) is 9.37 Å². The number of carbonyl (C=O) groups is 1. The van der Waals surface area contributed by atoms with Crippen LogP contribution in [-0.2, 0) is 11.3 Å². The Labute approximate surface area is 199 Å². The second-order valence-corrected chi connectivity index (χ2v) is 9.67. The monoisotopic (exact) mass is 485 g/mol. The van der Waals surface area contributed by atoms with E-state index in [1.807, 2.05) is 24.3 Å². The molecule has 33 heavy (non-hydrogen) atoms. The summed E-state index contributed by atoms with van der Waals surface area (Å²) >= 11 is 2.71. The Balaban J connectivity index is 1.64. The number of hydrogen-bond donors (Lipinski definition) is 2. The number of thioether (sulfide) groups is 1. The van der Waals surface area contributed by atoms with Crippen molar-refractivity contribution >= 4 is 55.0 Å². The molecule has 0 spiro atoms. The maximum Gasteiger partial charge on any atom is 0.272 e. The van der Waals surface area contributed by atoms with Crippen molar-refractivity contribution in [3.05, 3.63) is 64.7 Å². The van der Waals surface area contributed by atoms with Gasteiger partial charge in [0, 0.05) is 15.8 Å². The second kappa shape index (κ2) is 10.5. The molecule has 1 amide bonds.